The van der Waals surface area contributed by atoms with Crippen LogP contribution >= 0.6 is 0 Å². The van der Waals surface area contributed by atoms with Gasteiger partial charge in [-0.25, -0.2) is 21.6 Å². The summed E-state index contributed by atoms with van der Waals surface area (Å²) in [5.41, 5.74) is 9.37. The molecule has 16 heteroatoms. The summed E-state index contributed by atoms with van der Waals surface area (Å²) >= 11 is 0. The van der Waals surface area contributed by atoms with Crippen LogP contribution in [0.25, 0.3) is 0 Å². The summed E-state index contributed by atoms with van der Waals surface area (Å²) in [5.74, 6) is -4.99. The molecule has 254 valence electrons. The molecule has 2 unspecified atom stereocenters. The molecule has 0 saturated carbocycles. The second-order valence-electron chi connectivity index (χ2n) is 11.4. The summed E-state index contributed by atoms with van der Waals surface area (Å²) in [7, 11) is -9.73. The number of aliphatic carboxylic acids is 1. The van der Waals surface area contributed by atoms with E-state index in [2.05, 4.69) is 5.73 Å². The fourth-order valence-corrected chi connectivity index (χ4v) is 8.55. The number of carbonyl (C=O) groups is 2. The van der Waals surface area contributed by atoms with E-state index in [0.29, 0.717) is 38.6 Å². The van der Waals surface area contributed by atoms with Crippen LogP contribution in [0.4, 0.5) is 5.69 Å². The maximum absolute atomic E-state index is 14.5. The highest BCUT2D eigenvalue weighted by atomic mass is 32.2. The predicted octanol–water partition coefficient (Wildman–Crippen LogP) is 0.682. The van der Waals surface area contributed by atoms with Crippen molar-refractivity contribution >= 4 is 43.5 Å². The lowest BCUT2D eigenvalue weighted by Crippen LogP contribution is -2.50. The normalized spacial score (nSPS) is 17.7. The number of quaternary nitrogens is 1. The highest BCUT2D eigenvalue weighted by molar-refractivity contribution is 7.94. The number of aromatic carboxylic acids is 1. The molecule has 2 atom stereocenters. The molecule has 1 heterocycles. The maximum Gasteiger partial charge on any atom is 0.335 e. The minimum absolute atomic E-state index is 0.0414. The summed E-state index contributed by atoms with van der Waals surface area (Å²) in [6.45, 7) is 0.819. The van der Waals surface area contributed by atoms with Crippen LogP contribution in [-0.4, -0.2) is 73.2 Å². The molecule has 0 spiro atoms. The number of rotatable bonds is 16. The molecule has 47 heavy (non-hydrogen) atoms. The second-order valence-corrected chi connectivity index (χ2v) is 14.6. The van der Waals surface area contributed by atoms with Crippen LogP contribution in [0.2, 0.25) is 0 Å². The Hall–Kier alpha value is -4.09. The average Bonchev–Trinajstić information content (AvgIpc) is 2.99. The molecular weight excluding hydrogens is 652 g/mol. The van der Waals surface area contributed by atoms with Crippen molar-refractivity contribution in [2.75, 3.05) is 25.4 Å². The Bertz CT molecular complexity index is 1840. The van der Waals surface area contributed by atoms with Gasteiger partial charge in [0.15, 0.2) is 4.91 Å². The van der Waals surface area contributed by atoms with Crippen LogP contribution < -0.4 is 21.6 Å². The zero-order chi connectivity index (χ0) is 34.5. The zero-order valence-corrected chi connectivity index (χ0v) is 27.3. The molecule has 4 rings (SSSR count). The molecule has 9 N–H and O–H groups in total. The van der Waals surface area contributed by atoms with Crippen LogP contribution in [0.5, 0.6) is 5.75 Å². The van der Waals surface area contributed by atoms with E-state index in [9.17, 15) is 36.1 Å². The summed E-state index contributed by atoms with van der Waals surface area (Å²) in [5, 5.41) is 25.4. The fourth-order valence-electron chi connectivity index (χ4n) is 6.01. The van der Waals surface area contributed by atoms with Gasteiger partial charge in [0.25, 0.3) is 10.0 Å². The third kappa shape index (κ3) is 7.73. The highest BCUT2D eigenvalue weighted by Crippen LogP contribution is 2.52. The number of ether oxygens (including phenoxy) is 1. The van der Waals surface area contributed by atoms with Crippen molar-refractivity contribution in [2.45, 2.75) is 55.8 Å². The first-order valence-corrected chi connectivity index (χ1v) is 18.0. The molecule has 0 fully saturated rings. The van der Waals surface area contributed by atoms with E-state index in [1.807, 2.05) is 0 Å². The number of nitrogens with two attached hydrogens (primary N) is 2. The van der Waals surface area contributed by atoms with Gasteiger partial charge in [-0.15, -0.1) is 0 Å². The Labute approximate surface area is 273 Å². The third-order valence-electron chi connectivity index (χ3n) is 8.18. The van der Waals surface area contributed by atoms with E-state index in [-0.39, 0.29) is 47.7 Å². The van der Waals surface area contributed by atoms with Crippen LogP contribution in [0, 0.1) is 5.92 Å². The molecule has 0 radical (unpaired) electrons. The molecule has 0 amide bonds. The number of nitrogen functional groups attached to an aromatic ring is 1. The molecule has 0 saturated heterocycles. The van der Waals surface area contributed by atoms with Gasteiger partial charge < -0.3 is 31.0 Å². The molecule has 0 aromatic heterocycles. The van der Waals surface area contributed by atoms with Crippen LogP contribution in [-0.2, 0) is 24.9 Å². The molecule has 0 bridgehead atoms. The van der Waals surface area contributed by atoms with E-state index in [4.69, 9.17) is 21.0 Å². The molecule has 1 aliphatic heterocycles. The number of carboxylic acid groups (broad SMARTS) is 2. The summed E-state index contributed by atoms with van der Waals surface area (Å²) in [4.78, 5) is 22.0. The lowest BCUT2D eigenvalue weighted by Gasteiger charge is -2.38. The number of fused-ring (bicyclic) bond motifs is 2. The number of hydrogen-bond donors (Lipinski definition) is 5. The minimum atomic E-state index is -5.27. The van der Waals surface area contributed by atoms with Crippen LogP contribution in [0.15, 0.2) is 64.1 Å². The van der Waals surface area contributed by atoms with Gasteiger partial charge in [-0.1, -0.05) is 36.8 Å². The smallest absolute Gasteiger partial charge is 0.335 e. The van der Waals surface area contributed by atoms with Gasteiger partial charge in [0.05, 0.1) is 17.8 Å². The SMILES string of the molecule is Nc1ccc2c(c1S(=O)(=O)[O-])OC1=C(S(=O)(=O)N(CCCCC[NH3+])CCCCCC(=O)O)C(=[NH2+])C=CC1C2c1ccccc1C(=O)O. The molecule has 1 aliphatic carbocycles. The van der Waals surface area contributed by atoms with Gasteiger partial charge in [0.2, 0.25) is 5.71 Å². The second kappa shape index (κ2) is 14.8. The molecular formula is C31H39N4O10S2+. The summed E-state index contributed by atoms with van der Waals surface area (Å²) < 4.78 is 73.9. The maximum atomic E-state index is 14.5. The van der Waals surface area contributed by atoms with Crippen LogP contribution in [0.1, 0.15) is 72.3 Å². The number of nitrogens with zero attached hydrogens (tertiary/aromatic N) is 1. The molecule has 14 nitrogen and oxygen atoms in total. The molecule has 2 aromatic rings. The van der Waals surface area contributed by atoms with Gasteiger partial charge in [0.1, 0.15) is 26.5 Å². The van der Waals surface area contributed by atoms with Gasteiger partial charge in [-0.3, -0.25) is 10.2 Å². The van der Waals surface area contributed by atoms with Gasteiger partial charge in [-0.2, -0.15) is 4.31 Å². The van der Waals surface area contributed by atoms with Crippen molar-refractivity contribution in [3.63, 3.8) is 0 Å². The monoisotopic (exact) mass is 691 g/mol. The summed E-state index contributed by atoms with van der Waals surface area (Å²) in [6.07, 6.45) is 6.03. The van der Waals surface area contributed by atoms with Gasteiger partial charge in [-0.05, 0) is 49.8 Å². The largest absolute Gasteiger partial charge is 0.744 e. The zero-order valence-electron chi connectivity index (χ0n) is 25.6. The number of hydrogen-bond acceptors (Lipinski definition) is 9. The van der Waals surface area contributed by atoms with E-state index >= 15 is 0 Å². The number of allylic oxidation sites excluding steroid dienone is 3. The first kappa shape index (κ1) is 35.8. The van der Waals surface area contributed by atoms with Crippen molar-refractivity contribution in [3.05, 3.63) is 75.9 Å². The van der Waals surface area contributed by atoms with Crippen molar-refractivity contribution in [1.29, 1.82) is 0 Å². The van der Waals surface area contributed by atoms with Crippen molar-refractivity contribution in [2.24, 2.45) is 5.92 Å². The standard InChI is InChI=1S/C31H38N4O10S2/c32-16-6-2-8-18-35(17-7-1-3-11-25(36)37)46(40,41)29-23(33)14-12-21-26(19-9-4-5-10-20(19)31(38)39)22-13-15-24(34)30(47(42,43)44)28(22)45-27(21)29/h4-5,9-10,12-15,21,26,33H,1-3,6-8,11,16-18,32,34H2,(H,36,37)(H,38,39)(H,42,43,44)/p+1. The van der Waals surface area contributed by atoms with Crippen LogP contribution in [0.3, 0.4) is 0 Å². The van der Waals surface area contributed by atoms with E-state index in [0.717, 1.165) is 6.42 Å². The minimum Gasteiger partial charge on any atom is -0.744 e. The number of carboxylic acids is 2. The number of unbranched alkanes of at least 4 members (excludes halogenated alkanes) is 4. The van der Waals surface area contributed by atoms with Crippen molar-refractivity contribution in [1.82, 2.24) is 4.31 Å². The third-order valence-corrected chi connectivity index (χ3v) is 11.1. The van der Waals surface area contributed by atoms with Crippen molar-refractivity contribution in [3.8, 4) is 5.75 Å². The number of benzene rings is 2. The van der Waals surface area contributed by atoms with E-state index < -0.39 is 65.2 Å². The molecule has 2 aromatic carbocycles. The Morgan fingerprint density at radius 2 is 1.62 bits per heavy atom. The van der Waals surface area contributed by atoms with Crippen molar-refractivity contribution < 1.29 is 57.1 Å². The summed E-state index contributed by atoms with van der Waals surface area (Å²) in [6, 6.07) is 8.63. The number of anilines is 1. The Morgan fingerprint density at radius 1 is 0.957 bits per heavy atom. The van der Waals surface area contributed by atoms with Gasteiger partial charge in [0, 0.05) is 43.0 Å². The lowest BCUT2D eigenvalue weighted by atomic mass is 9.74. The average molecular weight is 692 g/mol. The first-order chi connectivity index (χ1) is 22.2. The predicted molar refractivity (Wildman–Crippen MR) is 169 cm³/mol. The quantitative estimate of drug-likeness (QED) is 0.0929. The lowest BCUT2D eigenvalue weighted by molar-refractivity contribution is -0.368. The molecule has 2 aliphatic rings. The fraction of sp³-hybridized carbons (Fsp3) is 0.387. The Morgan fingerprint density at radius 3 is 2.23 bits per heavy atom. The topological polar surface area (TPSA) is 258 Å². The van der Waals surface area contributed by atoms with Gasteiger partial charge >= 0.3 is 11.9 Å². The van der Waals surface area contributed by atoms with E-state index in [1.165, 1.54) is 40.7 Å². The van der Waals surface area contributed by atoms with E-state index in [1.54, 1.807) is 12.1 Å². The first-order valence-electron chi connectivity index (χ1n) is 15.1. The highest BCUT2D eigenvalue weighted by Gasteiger charge is 2.47. The Kier molecular flexibility index (Phi) is 11.2. The number of sulfonamides is 1. The Balaban J connectivity index is 1.93.